The summed E-state index contributed by atoms with van der Waals surface area (Å²) < 4.78 is 22.9. The summed E-state index contributed by atoms with van der Waals surface area (Å²) >= 11 is 0. The molecule has 0 bridgehead atoms. The fraction of sp³-hybridized carbons (Fsp3) is 0.250. The second-order valence-electron chi connectivity index (χ2n) is 2.78. The third kappa shape index (κ3) is 3.04. The molecule has 0 saturated carbocycles. The zero-order valence-electron chi connectivity index (χ0n) is 7.23. The average molecular weight is 200 g/mol. The predicted octanol–water partition coefficient (Wildman–Crippen LogP) is 0.645. The van der Waals surface area contributed by atoms with E-state index in [9.17, 15) is 8.42 Å². The Labute approximate surface area is 78.8 Å². The van der Waals surface area contributed by atoms with Crippen LogP contribution in [0.25, 0.3) is 0 Å². The fourth-order valence-corrected chi connectivity index (χ4v) is 1.33. The van der Waals surface area contributed by atoms with E-state index in [1.54, 1.807) is 24.3 Å². The average Bonchev–Trinajstić information content (AvgIpc) is 2.04. The second kappa shape index (κ2) is 4.25. The van der Waals surface area contributed by atoms with Crippen molar-refractivity contribution in [1.82, 2.24) is 0 Å². The molecule has 1 aromatic carbocycles. The smallest absolute Gasteiger partial charge is 0.222 e. The van der Waals surface area contributed by atoms with Gasteiger partial charge in [0.15, 0.2) is 0 Å². The van der Waals surface area contributed by atoms with Gasteiger partial charge >= 0.3 is 0 Å². The molecule has 0 spiro atoms. The van der Waals surface area contributed by atoms with Crippen molar-refractivity contribution in [3.05, 3.63) is 29.8 Å². The molecule has 1 rings (SSSR count). The molecule has 72 valence electrons. The van der Waals surface area contributed by atoms with Crippen LogP contribution in [0.4, 0.5) is 5.69 Å². The van der Waals surface area contributed by atoms with Crippen LogP contribution in [0.1, 0.15) is 18.5 Å². The number of anilines is 1. The number of nitrogens with two attached hydrogens (primary N) is 1. The highest BCUT2D eigenvalue weighted by Crippen LogP contribution is 2.13. The van der Waals surface area contributed by atoms with Crippen molar-refractivity contribution in [2.75, 3.05) is 4.72 Å². The lowest BCUT2D eigenvalue weighted by Crippen LogP contribution is -2.04. The molecule has 0 radical (unpaired) electrons. The minimum absolute atomic E-state index is 0.0323. The molecule has 1 unspecified atom stereocenters. The van der Waals surface area contributed by atoms with Crippen LogP contribution in [0.5, 0.6) is 0 Å². The van der Waals surface area contributed by atoms with Crippen LogP contribution in [-0.2, 0) is 10.9 Å². The van der Waals surface area contributed by atoms with E-state index in [2.05, 4.69) is 4.72 Å². The molecule has 0 aliphatic carbocycles. The van der Waals surface area contributed by atoms with Crippen molar-refractivity contribution < 1.29 is 8.42 Å². The zero-order chi connectivity index (χ0) is 9.84. The summed E-state index contributed by atoms with van der Waals surface area (Å²) in [5.41, 5.74) is 7.16. The molecule has 1 atom stereocenters. The number of thiol groups is 1. The Morgan fingerprint density at radius 1 is 1.31 bits per heavy atom. The highest BCUT2D eigenvalue weighted by atomic mass is 32.2. The van der Waals surface area contributed by atoms with Gasteiger partial charge in [0.1, 0.15) is 0 Å². The first-order valence-corrected chi connectivity index (χ1v) is 5.04. The zero-order valence-corrected chi connectivity index (χ0v) is 8.12. The Morgan fingerprint density at radius 2 is 1.85 bits per heavy atom. The summed E-state index contributed by atoms with van der Waals surface area (Å²) in [7, 11) is -2.58. The second-order valence-corrected chi connectivity index (χ2v) is 3.52. The quantitative estimate of drug-likeness (QED) is 0.627. The first-order valence-electron chi connectivity index (χ1n) is 3.86. The summed E-state index contributed by atoms with van der Waals surface area (Å²) in [6.45, 7) is 1.87. The summed E-state index contributed by atoms with van der Waals surface area (Å²) in [5.74, 6) is 0. The first kappa shape index (κ1) is 10.0. The Bertz CT molecular complexity index is 336. The standard InChI is InChI=1S/C8H12N2O2S/c1-6(9)7-2-4-8(5-3-7)10-13(11)12/h2-6,13H,9H2,1H3,(H,10,11,12). The van der Waals surface area contributed by atoms with Crippen molar-refractivity contribution >= 4 is 16.6 Å². The molecule has 0 heterocycles. The van der Waals surface area contributed by atoms with Crippen LogP contribution in [0.3, 0.4) is 0 Å². The van der Waals surface area contributed by atoms with Crippen LogP contribution in [0, 0.1) is 0 Å². The van der Waals surface area contributed by atoms with Gasteiger partial charge in [0.05, 0.1) is 0 Å². The van der Waals surface area contributed by atoms with E-state index in [0.29, 0.717) is 5.69 Å². The van der Waals surface area contributed by atoms with Gasteiger partial charge in [-0.05, 0) is 24.6 Å². The molecule has 0 aliphatic heterocycles. The number of nitrogens with one attached hydrogen (secondary N) is 1. The summed E-state index contributed by atoms with van der Waals surface area (Å²) in [4.78, 5) is 0. The summed E-state index contributed by atoms with van der Waals surface area (Å²) in [6.07, 6.45) is 0. The minimum Gasteiger partial charge on any atom is -0.324 e. The largest absolute Gasteiger partial charge is 0.324 e. The third-order valence-electron chi connectivity index (χ3n) is 1.66. The maximum absolute atomic E-state index is 10.3. The molecule has 1 aromatic rings. The Hall–Kier alpha value is -1.07. The number of hydrogen-bond acceptors (Lipinski definition) is 3. The van der Waals surface area contributed by atoms with Crippen LogP contribution in [0.15, 0.2) is 24.3 Å². The van der Waals surface area contributed by atoms with Crippen molar-refractivity contribution in [3.63, 3.8) is 0 Å². The van der Waals surface area contributed by atoms with Gasteiger partial charge in [0.2, 0.25) is 10.9 Å². The van der Waals surface area contributed by atoms with E-state index in [1.165, 1.54) is 0 Å². The number of rotatable bonds is 3. The highest BCUT2D eigenvalue weighted by molar-refractivity contribution is 7.73. The van der Waals surface area contributed by atoms with Gasteiger partial charge in [-0.3, -0.25) is 4.72 Å². The molecule has 0 saturated heterocycles. The van der Waals surface area contributed by atoms with E-state index < -0.39 is 10.9 Å². The Morgan fingerprint density at radius 3 is 2.23 bits per heavy atom. The lowest BCUT2D eigenvalue weighted by molar-refractivity contribution is 0.619. The van der Waals surface area contributed by atoms with Crippen LogP contribution < -0.4 is 10.5 Å². The van der Waals surface area contributed by atoms with E-state index >= 15 is 0 Å². The van der Waals surface area contributed by atoms with Gasteiger partial charge in [-0.1, -0.05) is 12.1 Å². The van der Waals surface area contributed by atoms with Crippen molar-refractivity contribution in [2.24, 2.45) is 5.73 Å². The Kier molecular flexibility index (Phi) is 3.27. The Balaban J connectivity index is 2.81. The normalized spacial score (nSPS) is 12.8. The molecular weight excluding hydrogens is 188 g/mol. The monoisotopic (exact) mass is 200 g/mol. The molecule has 0 fully saturated rings. The maximum atomic E-state index is 10.3. The lowest BCUT2D eigenvalue weighted by atomic mass is 10.1. The highest BCUT2D eigenvalue weighted by Gasteiger charge is 1.98. The lowest BCUT2D eigenvalue weighted by Gasteiger charge is -2.05. The van der Waals surface area contributed by atoms with Gasteiger partial charge in [-0.2, -0.15) is 0 Å². The predicted molar refractivity (Wildman–Crippen MR) is 53.0 cm³/mol. The van der Waals surface area contributed by atoms with Crippen LogP contribution in [-0.4, -0.2) is 8.42 Å². The minimum atomic E-state index is -2.58. The topological polar surface area (TPSA) is 72.2 Å². The SMILES string of the molecule is CC(N)c1ccc(N[SH](=O)=O)cc1. The van der Waals surface area contributed by atoms with E-state index in [4.69, 9.17) is 5.73 Å². The number of benzene rings is 1. The van der Waals surface area contributed by atoms with Gasteiger partial charge in [-0.15, -0.1) is 0 Å². The van der Waals surface area contributed by atoms with E-state index in [0.717, 1.165) is 5.56 Å². The maximum Gasteiger partial charge on any atom is 0.222 e. The molecule has 13 heavy (non-hydrogen) atoms. The van der Waals surface area contributed by atoms with Gasteiger partial charge < -0.3 is 5.73 Å². The molecular formula is C8H12N2O2S. The summed E-state index contributed by atoms with van der Waals surface area (Å²) in [6, 6.07) is 6.93. The molecule has 0 aliphatic rings. The van der Waals surface area contributed by atoms with Gasteiger partial charge in [0.25, 0.3) is 0 Å². The van der Waals surface area contributed by atoms with Crippen molar-refractivity contribution in [3.8, 4) is 0 Å². The van der Waals surface area contributed by atoms with Crippen molar-refractivity contribution in [2.45, 2.75) is 13.0 Å². The van der Waals surface area contributed by atoms with Crippen LogP contribution in [0.2, 0.25) is 0 Å². The van der Waals surface area contributed by atoms with E-state index in [-0.39, 0.29) is 6.04 Å². The third-order valence-corrected chi connectivity index (χ3v) is 2.10. The van der Waals surface area contributed by atoms with Crippen LogP contribution >= 0.6 is 0 Å². The fourth-order valence-electron chi connectivity index (χ4n) is 0.967. The molecule has 0 amide bonds. The van der Waals surface area contributed by atoms with E-state index in [1.807, 2.05) is 6.92 Å². The molecule has 4 nitrogen and oxygen atoms in total. The molecule has 3 N–H and O–H groups in total. The number of hydrogen-bond donors (Lipinski definition) is 3. The molecule has 0 aromatic heterocycles. The first-order chi connectivity index (χ1) is 6.09. The van der Waals surface area contributed by atoms with Gasteiger partial charge in [0, 0.05) is 11.7 Å². The van der Waals surface area contributed by atoms with Gasteiger partial charge in [-0.25, -0.2) is 8.42 Å². The summed E-state index contributed by atoms with van der Waals surface area (Å²) in [5, 5.41) is 0. The van der Waals surface area contributed by atoms with Crippen molar-refractivity contribution in [1.29, 1.82) is 0 Å². The molecule has 5 heteroatoms.